The lowest BCUT2D eigenvalue weighted by molar-refractivity contribution is -0.131. The molecule has 1 amide bonds. The van der Waals surface area contributed by atoms with Crippen molar-refractivity contribution >= 4 is 15.7 Å². The summed E-state index contributed by atoms with van der Waals surface area (Å²) in [6.07, 6.45) is 1.21. The van der Waals surface area contributed by atoms with Crippen molar-refractivity contribution in [3.8, 4) is 0 Å². The van der Waals surface area contributed by atoms with E-state index in [9.17, 15) is 13.2 Å². The monoisotopic (exact) mass is 262 g/mol. The average Bonchev–Trinajstić information content (AvgIpc) is 2.29. The molecule has 0 radical (unpaired) electrons. The van der Waals surface area contributed by atoms with Gasteiger partial charge >= 0.3 is 0 Å². The molecule has 0 saturated carbocycles. The van der Waals surface area contributed by atoms with Crippen molar-refractivity contribution in [1.82, 2.24) is 10.2 Å². The minimum Gasteiger partial charge on any atom is -0.345 e. The number of nitrogens with one attached hydrogen (secondary N) is 1. The number of hydrogen-bond donors (Lipinski definition) is 1. The van der Waals surface area contributed by atoms with E-state index in [0.29, 0.717) is 19.4 Å². The summed E-state index contributed by atoms with van der Waals surface area (Å²) in [7, 11) is -1.06. The van der Waals surface area contributed by atoms with Crippen LogP contribution in [0, 0.1) is 0 Å². The van der Waals surface area contributed by atoms with Crippen LogP contribution in [0.5, 0.6) is 0 Å². The zero-order valence-corrected chi connectivity index (χ0v) is 11.6. The Balaban J connectivity index is 2.43. The molecule has 0 aromatic carbocycles. The minimum atomic E-state index is -2.83. The molecule has 0 bridgehead atoms. The maximum Gasteiger partial charge on any atom is 0.239 e. The number of amides is 1. The van der Waals surface area contributed by atoms with Gasteiger partial charge < -0.3 is 10.2 Å². The highest BCUT2D eigenvalue weighted by Crippen LogP contribution is 2.13. The third-order valence-electron chi connectivity index (χ3n) is 3.26. The SMILES string of the molecule is CCN(C)C(=O)C(C)NC1CCS(=O)(=O)CC1. The summed E-state index contributed by atoms with van der Waals surface area (Å²) in [4.78, 5) is 13.5. The van der Waals surface area contributed by atoms with Crippen molar-refractivity contribution in [2.45, 2.75) is 38.8 Å². The van der Waals surface area contributed by atoms with Crippen LogP contribution < -0.4 is 5.32 Å². The van der Waals surface area contributed by atoms with Crippen molar-refractivity contribution < 1.29 is 13.2 Å². The first kappa shape index (κ1) is 14.4. The second-order valence-electron chi connectivity index (χ2n) is 4.67. The molecular weight excluding hydrogens is 240 g/mol. The van der Waals surface area contributed by atoms with Crippen LogP contribution in [-0.2, 0) is 14.6 Å². The maximum atomic E-state index is 11.8. The predicted octanol–water partition coefficient (Wildman–Crippen LogP) is 0.0200. The topological polar surface area (TPSA) is 66.5 Å². The van der Waals surface area contributed by atoms with Crippen LogP contribution in [-0.4, -0.2) is 56.4 Å². The lowest BCUT2D eigenvalue weighted by atomic mass is 10.1. The van der Waals surface area contributed by atoms with Gasteiger partial charge in [-0.05, 0) is 26.7 Å². The first-order valence-electron chi connectivity index (χ1n) is 6.07. The fourth-order valence-electron chi connectivity index (χ4n) is 1.97. The normalized spacial score (nSPS) is 22.1. The predicted molar refractivity (Wildman–Crippen MR) is 67.6 cm³/mol. The minimum absolute atomic E-state index is 0.0564. The van der Waals surface area contributed by atoms with Crippen LogP contribution in [0.2, 0.25) is 0 Å². The Bertz CT molecular complexity index is 353. The summed E-state index contributed by atoms with van der Waals surface area (Å²) >= 11 is 0. The van der Waals surface area contributed by atoms with Gasteiger partial charge in [-0.15, -0.1) is 0 Å². The van der Waals surface area contributed by atoms with Crippen molar-refractivity contribution in [2.75, 3.05) is 25.1 Å². The zero-order chi connectivity index (χ0) is 13.1. The van der Waals surface area contributed by atoms with E-state index in [0.717, 1.165) is 0 Å². The van der Waals surface area contributed by atoms with Gasteiger partial charge in [-0.2, -0.15) is 0 Å². The largest absolute Gasteiger partial charge is 0.345 e. The summed E-state index contributed by atoms with van der Waals surface area (Å²) in [6, 6.07) is -0.103. The molecule has 1 unspecified atom stereocenters. The van der Waals surface area contributed by atoms with E-state index in [4.69, 9.17) is 0 Å². The Morgan fingerprint density at radius 3 is 2.41 bits per heavy atom. The van der Waals surface area contributed by atoms with Gasteiger partial charge in [0.05, 0.1) is 17.5 Å². The summed E-state index contributed by atoms with van der Waals surface area (Å²) in [5, 5.41) is 3.22. The Labute approximate surface area is 103 Å². The van der Waals surface area contributed by atoms with Gasteiger partial charge in [0.15, 0.2) is 0 Å². The fraction of sp³-hybridized carbons (Fsp3) is 0.909. The Morgan fingerprint density at radius 2 is 1.94 bits per heavy atom. The van der Waals surface area contributed by atoms with E-state index in [1.807, 2.05) is 13.8 Å². The van der Waals surface area contributed by atoms with Crippen molar-refractivity contribution in [2.24, 2.45) is 0 Å². The highest BCUT2D eigenvalue weighted by Gasteiger charge is 2.26. The summed E-state index contributed by atoms with van der Waals surface area (Å²) in [5.41, 5.74) is 0. The Morgan fingerprint density at radius 1 is 1.41 bits per heavy atom. The molecule has 100 valence electrons. The molecule has 0 spiro atoms. The van der Waals surface area contributed by atoms with Gasteiger partial charge in [0, 0.05) is 19.6 Å². The maximum absolute atomic E-state index is 11.8. The lowest BCUT2D eigenvalue weighted by Crippen LogP contribution is -2.49. The fourth-order valence-corrected chi connectivity index (χ4v) is 3.46. The Hall–Kier alpha value is -0.620. The van der Waals surface area contributed by atoms with E-state index in [1.165, 1.54) is 0 Å². The summed E-state index contributed by atoms with van der Waals surface area (Å²) < 4.78 is 22.5. The number of hydrogen-bond acceptors (Lipinski definition) is 4. The number of carbonyl (C=O) groups excluding carboxylic acids is 1. The number of carbonyl (C=O) groups is 1. The first-order valence-corrected chi connectivity index (χ1v) is 7.89. The molecule has 5 nitrogen and oxygen atoms in total. The van der Waals surface area contributed by atoms with Crippen LogP contribution in [0.1, 0.15) is 26.7 Å². The molecule has 1 saturated heterocycles. The van der Waals surface area contributed by atoms with Crippen LogP contribution >= 0.6 is 0 Å². The van der Waals surface area contributed by atoms with Gasteiger partial charge in [-0.25, -0.2) is 8.42 Å². The number of likely N-dealkylation sites (N-methyl/N-ethyl adjacent to an activating group) is 1. The molecule has 0 aromatic heterocycles. The number of rotatable bonds is 4. The quantitative estimate of drug-likeness (QED) is 0.775. The van der Waals surface area contributed by atoms with Gasteiger partial charge in [0.2, 0.25) is 5.91 Å². The van der Waals surface area contributed by atoms with Crippen molar-refractivity contribution in [3.63, 3.8) is 0 Å². The van der Waals surface area contributed by atoms with Crippen molar-refractivity contribution in [1.29, 1.82) is 0 Å². The van der Waals surface area contributed by atoms with Crippen LogP contribution in [0.4, 0.5) is 0 Å². The second kappa shape index (κ2) is 5.82. The van der Waals surface area contributed by atoms with E-state index < -0.39 is 9.84 Å². The highest BCUT2D eigenvalue weighted by molar-refractivity contribution is 7.91. The summed E-state index contributed by atoms with van der Waals surface area (Å²) in [6.45, 7) is 4.44. The third kappa shape index (κ3) is 4.27. The summed E-state index contributed by atoms with van der Waals surface area (Å²) in [5.74, 6) is 0.519. The van der Waals surface area contributed by atoms with Gasteiger partial charge in [0.25, 0.3) is 0 Å². The smallest absolute Gasteiger partial charge is 0.239 e. The molecule has 17 heavy (non-hydrogen) atoms. The third-order valence-corrected chi connectivity index (χ3v) is 4.98. The molecule has 1 rings (SSSR count). The van der Waals surface area contributed by atoms with Crippen molar-refractivity contribution in [3.05, 3.63) is 0 Å². The van der Waals surface area contributed by atoms with Gasteiger partial charge in [0.1, 0.15) is 9.84 Å². The highest BCUT2D eigenvalue weighted by atomic mass is 32.2. The second-order valence-corrected chi connectivity index (χ2v) is 6.97. The molecule has 1 N–H and O–H groups in total. The number of nitrogens with zero attached hydrogens (tertiary/aromatic N) is 1. The molecule has 1 aliphatic heterocycles. The number of sulfone groups is 1. The van der Waals surface area contributed by atoms with E-state index >= 15 is 0 Å². The molecule has 1 fully saturated rings. The van der Waals surface area contributed by atoms with Gasteiger partial charge in [-0.1, -0.05) is 0 Å². The molecule has 0 aromatic rings. The zero-order valence-electron chi connectivity index (χ0n) is 10.8. The van der Waals surface area contributed by atoms with Crippen LogP contribution in [0.3, 0.4) is 0 Å². The average molecular weight is 262 g/mol. The standard InChI is InChI=1S/C11H22N2O3S/c1-4-13(3)11(14)9(2)12-10-5-7-17(15,16)8-6-10/h9-10,12H,4-8H2,1-3H3. The molecule has 1 heterocycles. The van der Waals surface area contributed by atoms with Crippen LogP contribution in [0.15, 0.2) is 0 Å². The first-order chi connectivity index (χ1) is 7.85. The Kier molecular flexibility index (Phi) is 4.94. The molecule has 1 atom stereocenters. The van der Waals surface area contributed by atoms with E-state index in [1.54, 1.807) is 11.9 Å². The molecular formula is C11H22N2O3S. The van der Waals surface area contributed by atoms with E-state index in [2.05, 4.69) is 5.32 Å². The molecule has 1 aliphatic rings. The van der Waals surface area contributed by atoms with Gasteiger partial charge in [-0.3, -0.25) is 4.79 Å². The van der Waals surface area contributed by atoms with Crippen LogP contribution in [0.25, 0.3) is 0 Å². The molecule has 6 heteroatoms. The van der Waals surface area contributed by atoms with E-state index in [-0.39, 0.29) is 29.5 Å². The lowest BCUT2D eigenvalue weighted by Gasteiger charge is -2.28. The molecule has 0 aliphatic carbocycles.